The first kappa shape index (κ1) is 25.2. The molecule has 188 valence electrons. The van der Waals surface area contributed by atoms with Crippen molar-refractivity contribution in [2.45, 2.75) is 65.5 Å². The van der Waals surface area contributed by atoms with Gasteiger partial charge in [0.15, 0.2) is 0 Å². The number of nitrogens with one attached hydrogen (secondary N) is 2. The van der Waals surface area contributed by atoms with Crippen LogP contribution in [0.25, 0.3) is 11.1 Å². The molecule has 3 heterocycles. The summed E-state index contributed by atoms with van der Waals surface area (Å²) in [7, 11) is 3.49. The smallest absolute Gasteiger partial charge is 0.269 e. The molecule has 4 rings (SSSR count). The fourth-order valence-electron chi connectivity index (χ4n) is 5.32. The van der Waals surface area contributed by atoms with Crippen molar-refractivity contribution in [3.63, 3.8) is 0 Å². The van der Waals surface area contributed by atoms with Gasteiger partial charge in [0.05, 0.1) is 5.02 Å². The van der Waals surface area contributed by atoms with Crippen LogP contribution in [-0.2, 0) is 22.6 Å². The van der Waals surface area contributed by atoms with Crippen molar-refractivity contribution >= 4 is 35.1 Å². The van der Waals surface area contributed by atoms with Crippen molar-refractivity contribution in [2.24, 2.45) is 11.3 Å². The molecule has 0 radical (unpaired) electrons. The third-order valence-corrected chi connectivity index (χ3v) is 7.22. The average Bonchev–Trinajstić information content (AvgIpc) is 3.27. The zero-order chi connectivity index (χ0) is 25.5. The molecule has 1 saturated carbocycles. The third kappa shape index (κ3) is 5.37. The zero-order valence-corrected chi connectivity index (χ0v) is 21.8. The molecule has 8 nitrogen and oxygen atoms in total. The molecule has 9 heteroatoms. The van der Waals surface area contributed by atoms with Crippen LogP contribution in [-0.4, -0.2) is 52.3 Å². The van der Waals surface area contributed by atoms with E-state index in [1.165, 1.54) is 6.92 Å². The van der Waals surface area contributed by atoms with Crippen molar-refractivity contribution in [3.05, 3.63) is 34.7 Å². The van der Waals surface area contributed by atoms with Gasteiger partial charge in [-0.05, 0) is 43.2 Å². The van der Waals surface area contributed by atoms with Crippen LogP contribution in [0.4, 0.5) is 5.82 Å². The Kier molecular flexibility index (Phi) is 6.95. The van der Waals surface area contributed by atoms with Gasteiger partial charge >= 0.3 is 0 Å². The number of carbonyl (C=O) groups is 3. The maximum atomic E-state index is 13.0. The summed E-state index contributed by atoms with van der Waals surface area (Å²) in [6.07, 6.45) is 5.53. The number of amides is 3. The molecule has 2 aromatic heterocycles. The van der Waals surface area contributed by atoms with Gasteiger partial charge in [-0.2, -0.15) is 0 Å². The summed E-state index contributed by atoms with van der Waals surface area (Å²) in [6.45, 7) is 6.62. The highest BCUT2D eigenvalue weighted by atomic mass is 35.5. The number of carbonyl (C=O) groups excluding carboxylic acids is 3. The van der Waals surface area contributed by atoms with E-state index < -0.39 is 0 Å². The fourth-order valence-corrected chi connectivity index (χ4v) is 5.53. The molecule has 0 bridgehead atoms. The minimum atomic E-state index is -0.189. The van der Waals surface area contributed by atoms with Crippen LogP contribution in [0.3, 0.4) is 0 Å². The lowest BCUT2D eigenvalue weighted by Crippen LogP contribution is -2.40. The van der Waals surface area contributed by atoms with Gasteiger partial charge in [-0.3, -0.25) is 14.4 Å². The van der Waals surface area contributed by atoms with E-state index in [9.17, 15) is 14.4 Å². The maximum absolute atomic E-state index is 13.0. The van der Waals surface area contributed by atoms with Crippen LogP contribution in [0.5, 0.6) is 0 Å². The molecule has 2 aromatic rings. The normalized spacial score (nSPS) is 20.7. The van der Waals surface area contributed by atoms with E-state index in [0.29, 0.717) is 23.0 Å². The first-order valence-corrected chi connectivity index (χ1v) is 12.5. The highest BCUT2D eigenvalue weighted by Gasteiger charge is 2.35. The van der Waals surface area contributed by atoms with E-state index in [1.54, 1.807) is 31.3 Å². The Morgan fingerprint density at radius 3 is 2.60 bits per heavy atom. The Labute approximate surface area is 211 Å². The minimum Gasteiger partial charge on any atom is -0.354 e. The van der Waals surface area contributed by atoms with Gasteiger partial charge in [-0.15, -0.1) is 0 Å². The number of hydrogen-bond donors (Lipinski definition) is 2. The van der Waals surface area contributed by atoms with Gasteiger partial charge in [0, 0.05) is 62.5 Å². The molecule has 0 aromatic carbocycles. The quantitative estimate of drug-likeness (QED) is 0.646. The first-order valence-electron chi connectivity index (χ1n) is 12.1. The molecule has 0 saturated heterocycles. The highest BCUT2D eigenvalue weighted by molar-refractivity contribution is 6.33. The van der Waals surface area contributed by atoms with Gasteiger partial charge < -0.3 is 20.1 Å². The fraction of sp³-hybridized carbons (Fsp3) is 0.538. The Hall–Kier alpha value is -2.87. The van der Waals surface area contributed by atoms with Crippen molar-refractivity contribution in [2.75, 3.05) is 19.4 Å². The second kappa shape index (κ2) is 9.64. The lowest BCUT2D eigenvalue weighted by atomic mass is 9.85. The Morgan fingerprint density at radius 2 is 1.91 bits per heavy atom. The monoisotopic (exact) mass is 499 g/mol. The Bertz CT molecular complexity index is 1170. The summed E-state index contributed by atoms with van der Waals surface area (Å²) in [5, 5.41) is 6.35. The van der Waals surface area contributed by atoms with Crippen molar-refractivity contribution < 1.29 is 14.4 Å². The molecule has 2 atom stereocenters. The van der Waals surface area contributed by atoms with E-state index in [2.05, 4.69) is 34.0 Å². The number of nitrogens with zero attached hydrogens (tertiary/aromatic N) is 3. The summed E-state index contributed by atoms with van der Waals surface area (Å²) in [6, 6.07) is 3.71. The number of rotatable bonds is 5. The predicted octanol–water partition coefficient (Wildman–Crippen LogP) is 4.12. The molecular weight excluding hydrogens is 466 g/mol. The molecule has 0 unspecified atom stereocenters. The van der Waals surface area contributed by atoms with E-state index >= 15 is 0 Å². The Balaban J connectivity index is 1.61. The number of hydrogen-bond acceptors (Lipinski definition) is 4. The predicted molar refractivity (Wildman–Crippen MR) is 136 cm³/mol. The lowest BCUT2D eigenvalue weighted by molar-refractivity contribution is -0.123. The molecule has 2 N–H and O–H groups in total. The molecule has 1 aliphatic heterocycles. The Morgan fingerprint density at radius 1 is 1.17 bits per heavy atom. The molecule has 3 amide bonds. The van der Waals surface area contributed by atoms with Crippen LogP contribution in [0.2, 0.25) is 5.02 Å². The summed E-state index contributed by atoms with van der Waals surface area (Å²) in [5.41, 5.74) is 3.36. The third-order valence-electron chi connectivity index (χ3n) is 6.92. The van der Waals surface area contributed by atoms with Crippen LogP contribution in [0.1, 0.15) is 62.6 Å². The SMILES string of the molecule is CC(=O)N[C@@H]1CCC[C@H](C(=O)Nc2cc(-c3cc(C(=O)N(C)C)n4c3CC(C)(C)C4)c(Cl)cn2)C1. The standard InChI is InChI=1S/C26H34ClN5O3/c1-15(33)29-17-8-6-7-16(9-17)24(34)30-23-11-18(20(27)13-28-23)19-10-21(25(35)31(4)5)32-14-26(2,3)12-22(19)32/h10-11,13,16-17H,6-9,12,14H2,1-5H3,(H,29,33)(H,28,30,34)/t16-,17+/m0/s1. The van der Waals surface area contributed by atoms with Gasteiger partial charge in [-0.1, -0.05) is 31.9 Å². The van der Waals surface area contributed by atoms with Gasteiger partial charge in [0.2, 0.25) is 11.8 Å². The largest absolute Gasteiger partial charge is 0.354 e. The van der Waals surface area contributed by atoms with E-state index in [1.807, 2.05) is 6.07 Å². The summed E-state index contributed by atoms with van der Waals surface area (Å²) < 4.78 is 2.09. The molecule has 1 aliphatic carbocycles. The number of pyridine rings is 1. The van der Waals surface area contributed by atoms with Gasteiger partial charge in [-0.25, -0.2) is 4.98 Å². The maximum Gasteiger partial charge on any atom is 0.269 e. The molecule has 35 heavy (non-hydrogen) atoms. The van der Waals surface area contributed by atoms with E-state index in [-0.39, 0.29) is 35.1 Å². The summed E-state index contributed by atoms with van der Waals surface area (Å²) in [4.78, 5) is 43.3. The van der Waals surface area contributed by atoms with E-state index in [0.717, 1.165) is 49.0 Å². The van der Waals surface area contributed by atoms with Crippen LogP contribution in [0.15, 0.2) is 18.3 Å². The number of aromatic nitrogens is 2. The highest BCUT2D eigenvalue weighted by Crippen LogP contribution is 2.42. The van der Waals surface area contributed by atoms with E-state index in [4.69, 9.17) is 11.6 Å². The second-order valence-electron chi connectivity index (χ2n) is 10.8. The van der Waals surface area contributed by atoms with Crippen molar-refractivity contribution in [1.82, 2.24) is 19.8 Å². The topological polar surface area (TPSA) is 96.3 Å². The van der Waals surface area contributed by atoms with Gasteiger partial charge in [0.25, 0.3) is 5.91 Å². The molecular formula is C26H34ClN5O3. The molecule has 1 fully saturated rings. The first-order chi connectivity index (χ1) is 16.4. The summed E-state index contributed by atoms with van der Waals surface area (Å²) >= 11 is 6.59. The number of fused-ring (bicyclic) bond motifs is 1. The van der Waals surface area contributed by atoms with Crippen molar-refractivity contribution in [3.8, 4) is 11.1 Å². The van der Waals surface area contributed by atoms with Crippen LogP contribution in [0, 0.1) is 11.3 Å². The minimum absolute atomic E-state index is 0.0191. The van der Waals surface area contributed by atoms with Crippen molar-refractivity contribution in [1.29, 1.82) is 0 Å². The van der Waals surface area contributed by atoms with Crippen LogP contribution < -0.4 is 10.6 Å². The number of halogens is 1. The molecule has 2 aliphatic rings. The lowest BCUT2D eigenvalue weighted by Gasteiger charge is -2.28. The zero-order valence-electron chi connectivity index (χ0n) is 21.1. The van der Waals surface area contributed by atoms with Gasteiger partial charge in [0.1, 0.15) is 11.5 Å². The van der Waals surface area contributed by atoms with Crippen LogP contribution >= 0.6 is 11.6 Å². The second-order valence-corrected chi connectivity index (χ2v) is 11.2. The summed E-state index contributed by atoms with van der Waals surface area (Å²) in [5.74, 6) is 0.00190. The average molecular weight is 500 g/mol. The number of anilines is 1. The molecule has 0 spiro atoms.